The highest BCUT2D eigenvalue weighted by Gasteiger charge is 2.18. The van der Waals surface area contributed by atoms with Gasteiger partial charge in [0.05, 0.1) is 17.4 Å². The lowest BCUT2D eigenvalue weighted by molar-refractivity contribution is 0.0907. The molecule has 127 valence electrons. The highest BCUT2D eigenvalue weighted by atomic mass is 28.1. The number of amides is 1. The van der Waals surface area contributed by atoms with Crippen LogP contribution in [0.15, 0.2) is 24.5 Å². The standard InChI is InChI=1S/C16H21N4O3Si/c21-16(22)19-5-1-4-18(6-7-19)13-2-3-15-14(10-13)17-11-20(15)12-23-8-9-24/h2-3,10-11H,1,4-9,12H2,(H,21,22). The second-order valence-corrected chi connectivity index (χ2v) is 6.28. The fourth-order valence-electron chi connectivity index (χ4n) is 2.95. The number of imidazole rings is 1. The smallest absolute Gasteiger partial charge is 0.407 e. The van der Waals surface area contributed by atoms with E-state index in [2.05, 4.69) is 38.3 Å². The van der Waals surface area contributed by atoms with Crippen molar-refractivity contribution in [3.8, 4) is 0 Å². The van der Waals surface area contributed by atoms with Crippen LogP contribution in [0.4, 0.5) is 10.5 Å². The number of carbonyl (C=O) groups is 1. The van der Waals surface area contributed by atoms with Gasteiger partial charge in [-0.3, -0.25) is 0 Å². The molecule has 0 atom stereocenters. The molecule has 1 aliphatic heterocycles. The molecule has 0 aliphatic carbocycles. The van der Waals surface area contributed by atoms with Crippen LogP contribution in [0.3, 0.4) is 0 Å². The molecule has 1 aromatic heterocycles. The maximum Gasteiger partial charge on any atom is 0.407 e. The van der Waals surface area contributed by atoms with E-state index < -0.39 is 6.09 Å². The van der Waals surface area contributed by atoms with Crippen LogP contribution in [-0.4, -0.2) is 68.7 Å². The topological polar surface area (TPSA) is 70.8 Å². The van der Waals surface area contributed by atoms with Gasteiger partial charge in [0.15, 0.2) is 0 Å². The molecule has 1 fully saturated rings. The molecule has 1 aliphatic rings. The molecule has 3 radical (unpaired) electrons. The summed E-state index contributed by atoms with van der Waals surface area (Å²) in [6.45, 7) is 3.81. The van der Waals surface area contributed by atoms with Crippen LogP contribution < -0.4 is 4.90 Å². The van der Waals surface area contributed by atoms with E-state index in [1.54, 1.807) is 6.33 Å². The molecule has 8 heteroatoms. The molecule has 24 heavy (non-hydrogen) atoms. The van der Waals surface area contributed by atoms with Crippen molar-refractivity contribution >= 4 is 33.1 Å². The fourth-order valence-corrected chi connectivity index (χ4v) is 3.10. The van der Waals surface area contributed by atoms with Crippen LogP contribution in [0.25, 0.3) is 11.0 Å². The lowest BCUT2D eigenvalue weighted by atomic mass is 10.2. The summed E-state index contributed by atoms with van der Waals surface area (Å²) in [4.78, 5) is 19.3. The summed E-state index contributed by atoms with van der Waals surface area (Å²) in [6.07, 6.45) is 1.78. The van der Waals surface area contributed by atoms with Crippen molar-refractivity contribution < 1.29 is 14.6 Å². The minimum Gasteiger partial charge on any atom is -0.465 e. The largest absolute Gasteiger partial charge is 0.465 e. The summed E-state index contributed by atoms with van der Waals surface area (Å²) >= 11 is 0. The number of anilines is 1. The third-order valence-corrected chi connectivity index (χ3v) is 4.42. The Kier molecular flexibility index (Phi) is 5.36. The van der Waals surface area contributed by atoms with Gasteiger partial charge in [0, 0.05) is 48.7 Å². The molecule has 0 spiro atoms. The number of benzene rings is 1. The molecule has 1 amide bonds. The van der Waals surface area contributed by atoms with E-state index in [1.165, 1.54) is 4.90 Å². The average Bonchev–Trinajstić information content (AvgIpc) is 2.81. The maximum atomic E-state index is 11.1. The molecule has 2 heterocycles. The van der Waals surface area contributed by atoms with E-state index in [0.717, 1.165) is 35.7 Å². The zero-order valence-electron chi connectivity index (χ0n) is 13.5. The number of ether oxygens (including phenoxy) is 1. The molecular weight excluding hydrogens is 324 g/mol. The molecule has 3 rings (SSSR count). The Morgan fingerprint density at radius 2 is 2.17 bits per heavy atom. The van der Waals surface area contributed by atoms with E-state index in [1.807, 2.05) is 4.57 Å². The molecule has 0 saturated carbocycles. The van der Waals surface area contributed by atoms with Crippen molar-refractivity contribution in [2.75, 3.05) is 37.7 Å². The van der Waals surface area contributed by atoms with Gasteiger partial charge in [-0.05, 0) is 30.7 Å². The second kappa shape index (κ2) is 7.67. The first-order valence-corrected chi connectivity index (χ1v) is 8.80. The van der Waals surface area contributed by atoms with Crippen molar-refractivity contribution in [1.29, 1.82) is 0 Å². The van der Waals surface area contributed by atoms with E-state index in [-0.39, 0.29) is 0 Å². The zero-order valence-corrected chi connectivity index (χ0v) is 14.5. The first kappa shape index (κ1) is 16.8. The molecule has 7 nitrogen and oxygen atoms in total. The SMILES string of the molecule is O=C(O)N1CCCN(c2ccc3c(c2)ncn3COCC[Si])CC1. The third-order valence-electron chi connectivity index (χ3n) is 4.21. The number of carboxylic acid groups (broad SMARTS) is 1. The van der Waals surface area contributed by atoms with Crippen LogP contribution in [0.1, 0.15) is 6.42 Å². The molecule has 1 saturated heterocycles. The van der Waals surface area contributed by atoms with Gasteiger partial charge in [-0.1, -0.05) is 0 Å². The molecule has 1 aromatic carbocycles. The minimum atomic E-state index is -0.839. The third kappa shape index (κ3) is 3.70. The fraction of sp³-hybridized carbons (Fsp3) is 0.500. The lowest BCUT2D eigenvalue weighted by Gasteiger charge is -2.23. The van der Waals surface area contributed by atoms with Crippen molar-refractivity contribution in [2.24, 2.45) is 0 Å². The van der Waals surface area contributed by atoms with Crippen LogP contribution >= 0.6 is 0 Å². The van der Waals surface area contributed by atoms with Crippen LogP contribution in [0.5, 0.6) is 0 Å². The monoisotopic (exact) mass is 345 g/mol. The number of hydrogen-bond donors (Lipinski definition) is 1. The van der Waals surface area contributed by atoms with Crippen LogP contribution in [-0.2, 0) is 11.5 Å². The average molecular weight is 345 g/mol. The van der Waals surface area contributed by atoms with Crippen LogP contribution in [0.2, 0.25) is 6.04 Å². The first-order valence-electron chi connectivity index (χ1n) is 8.09. The van der Waals surface area contributed by atoms with Gasteiger partial charge in [0.1, 0.15) is 6.73 Å². The van der Waals surface area contributed by atoms with Gasteiger partial charge in [0.2, 0.25) is 0 Å². The van der Waals surface area contributed by atoms with Gasteiger partial charge in [-0.15, -0.1) is 0 Å². The number of aromatic nitrogens is 2. The highest BCUT2D eigenvalue weighted by Crippen LogP contribution is 2.22. The Hall–Kier alpha value is -2.06. The van der Waals surface area contributed by atoms with Gasteiger partial charge < -0.3 is 24.2 Å². The van der Waals surface area contributed by atoms with Gasteiger partial charge in [-0.25, -0.2) is 9.78 Å². The Morgan fingerprint density at radius 3 is 2.96 bits per heavy atom. The number of fused-ring (bicyclic) bond motifs is 1. The molecular formula is C16H21N4O3Si. The van der Waals surface area contributed by atoms with E-state index >= 15 is 0 Å². The second-order valence-electron chi connectivity index (χ2n) is 5.78. The van der Waals surface area contributed by atoms with Gasteiger partial charge in [0.25, 0.3) is 0 Å². The molecule has 0 unspecified atom stereocenters. The van der Waals surface area contributed by atoms with Crippen LogP contribution in [0, 0.1) is 0 Å². The number of hydrogen-bond acceptors (Lipinski definition) is 4. The Bertz CT molecular complexity index is 706. The number of nitrogens with zero attached hydrogens (tertiary/aromatic N) is 4. The van der Waals surface area contributed by atoms with Crippen molar-refractivity contribution in [3.63, 3.8) is 0 Å². The Balaban J connectivity index is 1.72. The minimum absolute atomic E-state index is 0.484. The normalized spacial score (nSPS) is 15.7. The Labute approximate surface area is 144 Å². The molecule has 2 aromatic rings. The highest BCUT2D eigenvalue weighted by molar-refractivity contribution is 6.08. The summed E-state index contributed by atoms with van der Waals surface area (Å²) in [5.41, 5.74) is 3.05. The molecule has 0 bridgehead atoms. The quantitative estimate of drug-likeness (QED) is 0.661. The van der Waals surface area contributed by atoms with Crippen molar-refractivity contribution in [2.45, 2.75) is 19.2 Å². The summed E-state index contributed by atoms with van der Waals surface area (Å²) in [6, 6.07) is 6.99. The van der Waals surface area contributed by atoms with Crippen molar-refractivity contribution in [3.05, 3.63) is 24.5 Å². The summed E-state index contributed by atoms with van der Waals surface area (Å²) in [5.74, 6) is 0. The lowest BCUT2D eigenvalue weighted by Crippen LogP contribution is -2.34. The number of rotatable bonds is 5. The Morgan fingerprint density at radius 1 is 1.29 bits per heavy atom. The summed E-state index contributed by atoms with van der Waals surface area (Å²) in [7, 11) is 3.39. The zero-order chi connectivity index (χ0) is 16.9. The van der Waals surface area contributed by atoms with E-state index in [4.69, 9.17) is 9.84 Å². The summed E-state index contributed by atoms with van der Waals surface area (Å²) in [5, 5.41) is 9.13. The first-order chi connectivity index (χ1) is 11.7. The summed E-state index contributed by atoms with van der Waals surface area (Å²) < 4.78 is 7.52. The van der Waals surface area contributed by atoms with Gasteiger partial charge in [-0.2, -0.15) is 0 Å². The van der Waals surface area contributed by atoms with E-state index in [9.17, 15) is 4.79 Å². The molecule has 1 N–H and O–H groups in total. The van der Waals surface area contributed by atoms with E-state index in [0.29, 0.717) is 33.0 Å². The van der Waals surface area contributed by atoms with Gasteiger partial charge >= 0.3 is 6.09 Å². The van der Waals surface area contributed by atoms with Crippen molar-refractivity contribution in [1.82, 2.24) is 14.5 Å². The predicted molar refractivity (Wildman–Crippen MR) is 92.7 cm³/mol. The maximum absolute atomic E-state index is 11.1. The predicted octanol–water partition coefficient (Wildman–Crippen LogP) is 1.79.